The van der Waals surface area contributed by atoms with Gasteiger partial charge >= 0.3 is 0 Å². The number of hydrogen-bond acceptors (Lipinski definition) is 4. The number of para-hydroxylation sites is 1. The minimum absolute atomic E-state index is 0. The van der Waals surface area contributed by atoms with Gasteiger partial charge in [-0.3, -0.25) is 14.9 Å². The van der Waals surface area contributed by atoms with Crippen molar-refractivity contribution in [3.8, 4) is 0 Å². The van der Waals surface area contributed by atoms with Crippen molar-refractivity contribution in [2.24, 2.45) is 11.7 Å². The topological polar surface area (TPSA) is 98.3 Å². The van der Waals surface area contributed by atoms with Gasteiger partial charge in [0.05, 0.1) is 11.0 Å². The molecule has 1 rings (SSSR count). The highest BCUT2D eigenvalue weighted by atomic mass is 35.5. The molecule has 0 heterocycles. The smallest absolute Gasteiger partial charge is 0.272 e. The number of rotatable bonds is 7. The molecule has 2 atom stereocenters. The molecule has 0 saturated heterocycles. The van der Waals surface area contributed by atoms with Gasteiger partial charge in [0.15, 0.2) is 0 Å². The maximum absolute atomic E-state index is 11.8. The van der Waals surface area contributed by atoms with Gasteiger partial charge < -0.3 is 11.1 Å². The van der Waals surface area contributed by atoms with E-state index < -0.39 is 11.0 Å². The fraction of sp³-hybridized carbons (Fsp3) is 0.500. The van der Waals surface area contributed by atoms with E-state index in [9.17, 15) is 14.9 Å². The Labute approximate surface area is 130 Å². The van der Waals surface area contributed by atoms with Crippen molar-refractivity contribution in [3.63, 3.8) is 0 Å². The second-order valence-corrected chi connectivity index (χ2v) is 4.84. The number of amides is 1. The van der Waals surface area contributed by atoms with Crippen molar-refractivity contribution >= 4 is 24.0 Å². The second kappa shape index (κ2) is 9.31. The van der Waals surface area contributed by atoms with Crippen molar-refractivity contribution in [1.82, 2.24) is 5.32 Å². The van der Waals surface area contributed by atoms with Crippen LogP contribution in [0.25, 0.3) is 0 Å². The van der Waals surface area contributed by atoms with Crippen LogP contribution in [0.15, 0.2) is 24.3 Å². The lowest BCUT2D eigenvalue weighted by Gasteiger charge is -2.17. The average molecular weight is 316 g/mol. The molecule has 3 N–H and O–H groups in total. The number of carbonyl (C=O) groups excluding carboxylic acids is 1. The van der Waals surface area contributed by atoms with Crippen molar-refractivity contribution < 1.29 is 9.72 Å². The number of carbonyl (C=O) groups is 1. The fourth-order valence-electron chi connectivity index (χ4n) is 1.85. The number of hydrogen-bond donors (Lipinski definition) is 2. The minimum Gasteiger partial charge on any atom is -0.354 e. The number of halogens is 1. The van der Waals surface area contributed by atoms with E-state index in [1.807, 2.05) is 13.8 Å². The zero-order chi connectivity index (χ0) is 15.1. The molecule has 0 aliphatic heterocycles. The van der Waals surface area contributed by atoms with Crippen LogP contribution in [0.4, 0.5) is 5.69 Å². The molecular formula is C14H22ClN3O3. The van der Waals surface area contributed by atoms with Gasteiger partial charge in [0, 0.05) is 18.2 Å². The SMILES string of the molecule is CCC(C)C(N)C(=O)NCCc1ccccc1[N+](=O)[O-].Cl. The monoisotopic (exact) mass is 315 g/mol. The van der Waals surface area contributed by atoms with Crippen LogP contribution in [0, 0.1) is 16.0 Å². The Morgan fingerprint density at radius 1 is 1.43 bits per heavy atom. The highest BCUT2D eigenvalue weighted by Gasteiger charge is 2.19. The van der Waals surface area contributed by atoms with Crippen LogP contribution in [0.2, 0.25) is 0 Å². The maximum atomic E-state index is 11.8. The molecule has 0 aliphatic carbocycles. The van der Waals surface area contributed by atoms with E-state index in [1.165, 1.54) is 6.07 Å². The molecule has 1 amide bonds. The normalized spacial score (nSPS) is 12.9. The second-order valence-electron chi connectivity index (χ2n) is 4.84. The van der Waals surface area contributed by atoms with Gasteiger partial charge in [-0.05, 0) is 12.3 Å². The third-order valence-electron chi connectivity index (χ3n) is 3.44. The lowest BCUT2D eigenvalue weighted by Crippen LogP contribution is -2.45. The molecule has 0 fully saturated rings. The molecule has 0 bridgehead atoms. The Morgan fingerprint density at radius 2 is 2.05 bits per heavy atom. The largest absolute Gasteiger partial charge is 0.354 e. The van der Waals surface area contributed by atoms with Crippen LogP contribution in [-0.4, -0.2) is 23.4 Å². The quantitative estimate of drug-likeness (QED) is 0.594. The summed E-state index contributed by atoms with van der Waals surface area (Å²) in [6, 6.07) is 5.99. The molecule has 1 aromatic rings. The van der Waals surface area contributed by atoms with E-state index in [1.54, 1.807) is 18.2 Å². The predicted octanol–water partition coefficient (Wildman–Crippen LogP) is 2.05. The third-order valence-corrected chi connectivity index (χ3v) is 3.44. The van der Waals surface area contributed by atoms with Gasteiger partial charge in [-0.15, -0.1) is 12.4 Å². The van der Waals surface area contributed by atoms with Gasteiger partial charge in [0.25, 0.3) is 5.69 Å². The van der Waals surface area contributed by atoms with Crippen molar-refractivity contribution in [2.45, 2.75) is 32.7 Å². The predicted molar refractivity (Wildman–Crippen MR) is 84.5 cm³/mol. The summed E-state index contributed by atoms with van der Waals surface area (Å²) in [6.45, 7) is 4.24. The van der Waals surface area contributed by atoms with Crippen LogP contribution in [0.5, 0.6) is 0 Å². The first-order chi connectivity index (χ1) is 9.47. The summed E-state index contributed by atoms with van der Waals surface area (Å²) in [5, 5.41) is 13.6. The highest BCUT2D eigenvalue weighted by molar-refractivity contribution is 5.85. The molecule has 0 aromatic heterocycles. The molecule has 1 aromatic carbocycles. The summed E-state index contributed by atoms with van der Waals surface area (Å²) in [5.41, 5.74) is 6.49. The molecular weight excluding hydrogens is 294 g/mol. The highest BCUT2D eigenvalue weighted by Crippen LogP contribution is 2.17. The van der Waals surface area contributed by atoms with Gasteiger partial charge in [-0.1, -0.05) is 38.5 Å². The Balaban J connectivity index is 0.00000400. The summed E-state index contributed by atoms with van der Waals surface area (Å²) in [5.74, 6) is -0.0982. The first-order valence-electron chi connectivity index (χ1n) is 6.73. The lowest BCUT2D eigenvalue weighted by molar-refractivity contribution is -0.385. The van der Waals surface area contributed by atoms with E-state index in [0.717, 1.165) is 6.42 Å². The van der Waals surface area contributed by atoms with Crippen LogP contribution >= 0.6 is 12.4 Å². The molecule has 2 unspecified atom stereocenters. The first kappa shape index (κ1) is 19.3. The molecule has 21 heavy (non-hydrogen) atoms. The molecule has 0 aliphatic rings. The number of nitrogens with zero attached hydrogens (tertiary/aromatic N) is 1. The summed E-state index contributed by atoms with van der Waals surface area (Å²) in [4.78, 5) is 22.2. The molecule has 0 saturated carbocycles. The maximum Gasteiger partial charge on any atom is 0.272 e. The fourth-order valence-corrected chi connectivity index (χ4v) is 1.85. The molecule has 6 nitrogen and oxygen atoms in total. The third kappa shape index (κ3) is 5.69. The van der Waals surface area contributed by atoms with Crippen LogP contribution in [-0.2, 0) is 11.2 Å². The van der Waals surface area contributed by atoms with Gasteiger partial charge in [0.2, 0.25) is 5.91 Å². The Hall–Kier alpha value is -1.66. The van der Waals surface area contributed by atoms with Crippen molar-refractivity contribution in [1.29, 1.82) is 0 Å². The number of nitrogens with two attached hydrogens (primary N) is 1. The summed E-state index contributed by atoms with van der Waals surface area (Å²) >= 11 is 0. The Morgan fingerprint density at radius 3 is 2.62 bits per heavy atom. The van der Waals surface area contributed by atoms with Crippen LogP contribution in [0.3, 0.4) is 0 Å². The molecule has 7 heteroatoms. The van der Waals surface area contributed by atoms with Gasteiger partial charge in [-0.2, -0.15) is 0 Å². The van der Waals surface area contributed by atoms with E-state index >= 15 is 0 Å². The van der Waals surface area contributed by atoms with E-state index in [2.05, 4.69) is 5.32 Å². The molecule has 118 valence electrons. The number of nitro benzene ring substituents is 1. The standard InChI is InChI=1S/C14H21N3O3.ClH/c1-3-10(2)13(15)14(18)16-9-8-11-6-4-5-7-12(11)17(19)20;/h4-7,10,13H,3,8-9,15H2,1-2H3,(H,16,18);1H. The molecule has 0 spiro atoms. The average Bonchev–Trinajstić information content (AvgIpc) is 2.45. The summed E-state index contributed by atoms with van der Waals surface area (Å²) in [6.07, 6.45) is 1.24. The van der Waals surface area contributed by atoms with Crippen LogP contribution in [0.1, 0.15) is 25.8 Å². The van der Waals surface area contributed by atoms with E-state index in [4.69, 9.17) is 5.73 Å². The zero-order valence-corrected chi connectivity index (χ0v) is 13.1. The molecule has 0 radical (unpaired) electrons. The first-order valence-corrected chi connectivity index (χ1v) is 6.73. The van der Waals surface area contributed by atoms with Crippen LogP contribution < -0.4 is 11.1 Å². The van der Waals surface area contributed by atoms with Crippen molar-refractivity contribution in [2.75, 3.05) is 6.54 Å². The summed E-state index contributed by atoms with van der Waals surface area (Å²) < 4.78 is 0. The van der Waals surface area contributed by atoms with Crippen molar-refractivity contribution in [3.05, 3.63) is 39.9 Å². The summed E-state index contributed by atoms with van der Waals surface area (Å²) in [7, 11) is 0. The van der Waals surface area contributed by atoms with Gasteiger partial charge in [-0.25, -0.2) is 0 Å². The minimum atomic E-state index is -0.536. The van der Waals surface area contributed by atoms with Gasteiger partial charge in [0.1, 0.15) is 0 Å². The zero-order valence-electron chi connectivity index (χ0n) is 12.2. The van der Waals surface area contributed by atoms with E-state index in [-0.39, 0.29) is 29.9 Å². The Bertz CT molecular complexity index is 482. The lowest BCUT2D eigenvalue weighted by atomic mass is 9.99. The Kier molecular flexibility index (Phi) is 8.57. The number of benzene rings is 1. The van der Waals surface area contributed by atoms with E-state index in [0.29, 0.717) is 18.5 Å². The number of nitrogens with one attached hydrogen (secondary N) is 1. The number of nitro groups is 1.